The molecule has 1 atom stereocenters. The van der Waals surface area contributed by atoms with Crippen LogP contribution in [0.5, 0.6) is 0 Å². The van der Waals surface area contributed by atoms with Crippen molar-refractivity contribution in [3.05, 3.63) is 24.2 Å². The van der Waals surface area contributed by atoms with Crippen molar-refractivity contribution in [3.8, 4) is 0 Å². The van der Waals surface area contributed by atoms with Crippen LogP contribution >= 0.6 is 0 Å². The molecule has 0 bridgehead atoms. The smallest absolute Gasteiger partial charge is 0.117 e. The SMILES string of the molecule is CCN(Cc1ccco1)C(C)CCNC. The summed E-state index contributed by atoms with van der Waals surface area (Å²) in [5.41, 5.74) is 0. The number of nitrogens with zero attached hydrogens (tertiary/aromatic N) is 1. The summed E-state index contributed by atoms with van der Waals surface area (Å²) in [5, 5.41) is 3.19. The Balaban J connectivity index is 2.40. The molecule has 0 radical (unpaired) electrons. The zero-order valence-electron chi connectivity index (χ0n) is 9.99. The second kappa shape index (κ2) is 6.64. The number of furan rings is 1. The Bertz CT molecular complexity index is 246. The molecule has 1 N–H and O–H groups in total. The van der Waals surface area contributed by atoms with E-state index in [1.54, 1.807) is 6.26 Å². The van der Waals surface area contributed by atoms with Crippen LogP contribution in [0.25, 0.3) is 0 Å². The van der Waals surface area contributed by atoms with Gasteiger partial charge in [-0.3, -0.25) is 4.90 Å². The molecular weight excluding hydrogens is 188 g/mol. The maximum absolute atomic E-state index is 5.36. The van der Waals surface area contributed by atoms with Crippen molar-refractivity contribution in [2.24, 2.45) is 0 Å². The van der Waals surface area contributed by atoms with Crippen LogP contribution in [0.15, 0.2) is 22.8 Å². The third-order valence-corrected chi connectivity index (χ3v) is 2.78. The van der Waals surface area contributed by atoms with Crippen LogP contribution in [-0.4, -0.2) is 31.1 Å². The predicted molar refractivity (Wildman–Crippen MR) is 62.8 cm³/mol. The van der Waals surface area contributed by atoms with E-state index >= 15 is 0 Å². The van der Waals surface area contributed by atoms with Gasteiger partial charge in [-0.15, -0.1) is 0 Å². The van der Waals surface area contributed by atoms with E-state index in [9.17, 15) is 0 Å². The van der Waals surface area contributed by atoms with Crippen molar-refractivity contribution in [3.63, 3.8) is 0 Å². The lowest BCUT2D eigenvalue weighted by molar-refractivity contribution is 0.186. The zero-order chi connectivity index (χ0) is 11.1. The summed E-state index contributed by atoms with van der Waals surface area (Å²) in [4.78, 5) is 2.43. The van der Waals surface area contributed by atoms with Gasteiger partial charge in [-0.05, 0) is 45.6 Å². The minimum absolute atomic E-state index is 0.590. The third-order valence-electron chi connectivity index (χ3n) is 2.78. The highest BCUT2D eigenvalue weighted by Crippen LogP contribution is 2.10. The van der Waals surface area contributed by atoms with Gasteiger partial charge < -0.3 is 9.73 Å². The largest absolute Gasteiger partial charge is 0.468 e. The summed E-state index contributed by atoms with van der Waals surface area (Å²) in [6.07, 6.45) is 2.91. The fourth-order valence-corrected chi connectivity index (χ4v) is 1.72. The molecule has 86 valence electrons. The zero-order valence-corrected chi connectivity index (χ0v) is 9.99. The normalized spacial score (nSPS) is 13.3. The second-order valence-corrected chi connectivity index (χ2v) is 3.88. The van der Waals surface area contributed by atoms with E-state index in [-0.39, 0.29) is 0 Å². The maximum atomic E-state index is 5.36. The maximum Gasteiger partial charge on any atom is 0.117 e. The number of hydrogen-bond acceptors (Lipinski definition) is 3. The summed E-state index contributed by atoms with van der Waals surface area (Å²) in [6, 6.07) is 4.57. The predicted octanol–water partition coefficient (Wildman–Crippen LogP) is 2.10. The lowest BCUT2D eigenvalue weighted by Gasteiger charge is -2.26. The van der Waals surface area contributed by atoms with Gasteiger partial charge in [0.15, 0.2) is 0 Å². The molecule has 0 aromatic carbocycles. The summed E-state index contributed by atoms with van der Waals surface area (Å²) in [7, 11) is 2.00. The molecular formula is C12H22N2O. The first-order valence-electron chi connectivity index (χ1n) is 5.69. The van der Waals surface area contributed by atoms with Gasteiger partial charge in [0, 0.05) is 6.04 Å². The molecule has 0 saturated heterocycles. The third kappa shape index (κ3) is 4.06. The van der Waals surface area contributed by atoms with Crippen LogP contribution in [0.3, 0.4) is 0 Å². The van der Waals surface area contributed by atoms with Crippen molar-refractivity contribution in [2.75, 3.05) is 20.1 Å². The van der Waals surface area contributed by atoms with Crippen LogP contribution in [0.4, 0.5) is 0 Å². The van der Waals surface area contributed by atoms with Crippen LogP contribution in [0, 0.1) is 0 Å². The minimum atomic E-state index is 0.590. The van der Waals surface area contributed by atoms with E-state index in [1.165, 1.54) is 6.42 Å². The van der Waals surface area contributed by atoms with Crippen molar-refractivity contribution in [1.29, 1.82) is 0 Å². The van der Waals surface area contributed by atoms with Gasteiger partial charge in [0.25, 0.3) is 0 Å². The molecule has 0 amide bonds. The molecule has 1 unspecified atom stereocenters. The Morgan fingerprint density at radius 3 is 2.87 bits per heavy atom. The molecule has 0 spiro atoms. The van der Waals surface area contributed by atoms with Gasteiger partial charge in [-0.1, -0.05) is 6.92 Å². The molecule has 3 nitrogen and oxygen atoms in total. The summed E-state index contributed by atoms with van der Waals surface area (Å²) < 4.78 is 5.36. The van der Waals surface area contributed by atoms with Crippen LogP contribution < -0.4 is 5.32 Å². The molecule has 1 heterocycles. The Morgan fingerprint density at radius 1 is 1.53 bits per heavy atom. The molecule has 0 aliphatic carbocycles. The van der Waals surface area contributed by atoms with Crippen molar-refractivity contribution < 1.29 is 4.42 Å². The van der Waals surface area contributed by atoms with E-state index in [2.05, 4.69) is 24.1 Å². The Kier molecular flexibility index (Phi) is 5.43. The van der Waals surface area contributed by atoms with Crippen LogP contribution in [0.2, 0.25) is 0 Å². The lowest BCUT2D eigenvalue weighted by Crippen LogP contribution is -2.34. The molecule has 0 aliphatic rings. The van der Waals surface area contributed by atoms with E-state index in [1.807, 2.05) is 19.2 Å². The Morgan fingerprint density at radius 2 is 2.33 bits per heavy atom. The van der Waals surface area contributed by atoms with E-state index in [0.29, 0.717) is 6.04 Å². The quantitative estimate of drug-likeness (QED) is 0.747. The monoisotopic (exact) mass is 210 g/mol. The first-order chi connectivity index (χ1) is 7.27. The molecule has 3 heteroatoms. The first-order valence-corrected chi connectivity index (χ1v) is 5.69. The highest BCUT2D eigenvalue weighted by atomic mass is 16.3. The summed E-state index contributed by atoms with van der Waals surface area (Å²) >= 11 is 0. The van der Waals surface area contributed by atoms with Gasteiger partial charge in [0.1, 0.15) is 5.76 Å². The van der Waals surface area contributed by atoms with Crippen LogP contribution in [-0.2, 0) is 6.54 Å². The molecule has 1 aromatic rings. The fraction of sp³-hybridized carbons (Fsp3) is 0.667. The fourth-order valence-electron chi connectivity index (χ4n) is 1.72. The van der Waals surface area contributed by atoms with Crippen molar-refractivity contribution >= 4 is 0 Å². The molecule has 15 heavy (non-hydrogen) atoms. The van der Waals surface area contributed by atoms with E-state index in [0.717, 1.165) is 25.4 Å². The second-order valence-electron chi connectivity index (χ2n) is 3.88. The van der Waals surface area contributed by atoms with Crippen LogP contribution in [0.1, 0.15) is 26.0 Å². The van der Waals surface area contributed by atoms with E-state index in [4.69, 9.17) is 4.42 Å². The molecule has 0 aliphatic heterocycles. The number of hydrogen-bond donors (Lipinski definition) is 1. The molecule has 1 aromatic heterocycles. The van der Waals surface area contributed by atoms with Crippen molar-refractivity contribution in [1.82, 2.24) is 10.2 Å². The highest BCUT2D eigenvalue weighted by Gasteiger charge is 2.12. The highest BCUT2D eigenvalue weighted by molar-refractivity contribution is 4.98. The van der Waals surface area contributed by atoms with Gasteiger partial charge in [0.05, 0.1) is 12.8 Å². The molecule has 0 fully saturated rings. The first kappa shape index (κ1) is 12.3. The van der Waals surface area contributed by atoms with Gasteiger partial charge >= 0.3 is 0 Å². The minimum Gasteiger partial charge on any atom is -0.468 e. The summed E-state index contributed by atoms with van der Waals surface area (Å²) in [6.45, 7) is 7.50. The van der Waals surface area contributed by atoms with E-state index < -0.39 is 0 Å². The molecule has 1 rings (SSSR count). The molecule has 0 saturated carbocycles. The van der Waals surface area contributed by atoms with Crippen molar-refractivity contribution in [2.45, 2.75) is 32.9 Å². The topological polar surface area (TPSA) is 28.4 Å². The van der Waals surface area contributed by atoms with Gasteiger partial charge in [-0.2, -0.15) is 0 Å². The average molecular weight is 210 g/mol. The van der Waals surface area contributed by atoms with Gasteiger partial charge in [-0.25, -0.2) is 0 Å². The Labute approximate surface area is 92.5 Å². The standard InChI is InChI=1S/C12H22N2O/c1-4-14(11(2)7-8-13-3)10-12-6-5-9-15-12/h5-6,9,11,13H,4,7-8,10H2,1-3H3. The Hall–Kier alpha value is -0.800. The average Bonchev–Trinajstić information content (AvgIpc) is 2.75. The lowest BCUT2D eigenvalue weighted by atomic mass is 10.2. The summed E-state index contributed by atoms with van der Waals surface area (Å²) in [5.74, 6) is 1.05. The number of rotatable bonds is 7. The van der Waals surface area contributed by atoms with Gasteiger partial charge in [0.2, 0.25) is 0 Å². The number of nitrogens with one attached hydrogen (secondary N) is 1.